The number of amides is 3. The van der Waals surface area contributed by atoms with E-state index in [1.807, 2.05) is 12.1 Å². The molecule has 0 saturated carbocycles. The molecule has 3 amide bonds. The van der Waals surface area contributed by atoms with Crippen molar-refractivity contribution in [1.82, 2.24) is 15.1 Å². The van der Waals surface area contributed by atoms with Gasteiger partial charge in [0.15, 0.2) is 11.5 Å². The van der Waals surface area contributed by atoms with Gasteiger partial charge in [-0.15, -0.1) is 0 Å². The highest BCUT2D eigenvalue weighted by atomic mass is 16.5. The molecule has 0 radical (unpaired) electrons. The first-order chi connectivity index (χ1) is 12.9. The number of urea groups is 1. The van der Waals surface area contributed by atoms with Crippen LogP contribution in [0, 0.1) is 5.92 Å². The summed E-state index contributed by atoms with van der Waals surface area (Å²) in [7, 11) is 8.14. The van der Waals surface area contributed by atoms with Crippen molar-refractivity contribution in [2.24, 2.45) is 5.92 Å². The van der Waals surface area contributed by atoms with Gasteiger partial charge in [0, 0.05) is 39.6 Å². The van der Waals surface area contributed by atoms with Crippen LogP contribution in [0.25, 0.3) is 0 Å². The van der Waals surface area contributed by atoms with Crippen LogP contribution in [0.15, 0.2) is 12.1 Å². The van der Waals surface area contributed by atoms with Crippen LogP contribution >= 0.6 is 0 Å². The van der Waals surface area contributed by atoms with E-state index in [9.17, 15) is 9.59 Å². The predicted molar refractivity (Wildman–Crippen MR) is 101 cm³/mol. The lowest BCUT2D eigenvalue weighted by Crippen LogP contribution is -2.46. The highest BCUT2D eigenvalue weighted by Gasteiger charge is 2.27. The number of hydrogen-bond donors (Lipinski definition) is 1. The van der Waals surface area contributed by atoms with E-state index in [1.165, 1.54) is 0 Å². The minimum atomic E-state index is -0.0850. The summed E-state index contributed by atoms with van der Waals surface area (Å²) in [6, 6.07) is 3.63. The number of rotatable bonds is 6. The lowest BCUT2D eigenvalue weighted by Gasteiger charge is -2.33. The fourth-order valence-corrected chi connectivity index (χ4v) is 3.19. The summed E-state index contributed by atoms with van der Waals surface area (Å²) < 4.78 is 16.0. The molecule has 8 heteroatoms. The fourth-order valence-electron chi connectivity index (χ4n) is 3.19. The molecule has 0 spiro atoms. The van der Waals surface area contributed by atoms with Gasteiger partial charge in [-0.25, -0.2) is 4.79 Å². The van der Waals surface area contributed by atoms with Crippen molar-refractivity contribution in [3.63, 3.8) is 0 Å². The van der Waals surface area contributed by atoms with Crippen LogP contribution in [0.1, 0.15) is 18.4 Å². The van der Waals surface area contributed by atoms with Gasteiger partial charge in [-0.2, -0.15) is 0 Å². The molecular weight excluding hydrogens is 350 g/mol. The van der Waals surface area contributed by atoms with Crippen LogP contribution in [0.2, 0.25) is 0 Å². The molecule has 1 heterocycles. The molecule has 0 aliphatic carbocycles. The van der Waals surface area contributed by atoms with Crippen molar-refractivity contribution >= 4 is 11.9 Å². The summed E-state index contributed by atoms with van der Waals surface area (Å²) in [4.78, 5) is 27.8. The summed E-state index contributed by atoms with van der Waals surface area (Å²) >= 11 is 0. The van der Waals surface area contributed by atoms with Gasteiger partial charge in [0.1, 0.15) is 0 Å². The van der Waals surface area contributed by atoms with Gasteiger partial charge in [0.05, 0.1) is 21.3 Å². The third-order valence-electron chi connectivity index (χ3n) is 4.71. The third kappa shape index (κ3) is 4.96. The van der Waals surface area contributed by atoms with Crippen LogP contribution in [-0.4, -0.2) is 70.3 Å². The number of likely N-dealkylation sites (tertiary alicyclic amines) is 1. The Morgan fingerprint density at radius 2 is 1.63 bits per heavy atom. The lowest BCUT2D eigenvalue weighted by molar-refractivity contribution is -0.126. The quantitative estimate of drug-likeness (QED) is 0.814. The van der Waals surface area contributed by atoms with Crippen LogP contribution in [-0.2, 0) is 11.3 Å². The molecule has 150 valence electrons. The number of nitrogens with zero attached hydrogens (tertiary/aromatic N) is 2. The van der Waals surface area contributed by atoms with Gasteiger partial charge in [0.2, 0.25) is 11.7 Å². The molecule has 0 atom stereocenters. The number of carbonyl (C=O) groups excluding carboxylic acids is 2. The third-order valence-corrected chi connectivity index (χ3v) is 4.71. The Kier molecular flexibility index (Phi) is 7.15. The molecule has 8 nitrogen and oxygen atoms in total. The number of hydrogen-bond acceptors (Lipinski definition) is 5. The Balaban J connectivity index is 1.93. The van der Waals surface area contributed by atoms with Gasteiger partial charge in [-0.3, -0.25) is 4.79 Å². The number of methoxy groups -OCH3 is 3. The van der Waals surface area contributed by atoms with Crippen molar-refractivity contribution in [1.29, 1.82) is 0 Å². The van der Waals surface area contributed by atoms with Crippen LogP contribution in [0.5, 0.6) is 17.2 Å². The molecule has 1 aromatic rings. The summed E-state index contributed by atoms with van der Waals surface area (Å²) in [6.07, 6.45) is 1.33. The number of benzene rings is 1. The average molecular weight is 379 g/mol. The van der Waals surface area contributed by atoms with Crippen molar-refractivity contribution in [3.8, 4) is 17.2 Å². The SMILES string of the molecule is COc1cc(CNC(=O)C2CCN(C(=O)N(C)C)CC2)cc(OC)c1OC. The Morgan fingerprint density at radius 3 is 2.07 bits per heavy atom. The summed E-state index contributed by atoms with van der Waals surface area (Å²) in [5, 5.41) is 2.97. The topological polar surface area (TPSA) is 80.3 Å². The summed E-state index contributed by atoms with van der Waals surface area (Å²) in [6.45, 7) is 1.56. The van der Waals surface area contributed by atoms with Gasteiger partial charge in [-0.05, 0) is 30.5 Å². The number of piperidine rings is 1. The first kappa shape index (κ1) is 20.7. The predicted octanol–water partition coefficient (Wildman–Crippen LogP) is 1.72. The summed E-state index contributed by atoms with van der Waals surface area (Å²) in [5.74, 6) is 1.54. The molecule has 2 rings (SSSR count). The zero-order valence-corrected chi connectivity index (χ0v) is 16.7. The smallest absolute Gasteiger partial charge is 0.319 e. The second-order valence-electron chi connectivity index (χ2n) is 6.69. The zero-order valence-electron chi connectivity index (χ0n) is 16.7. The van der Waals surface area contributed by atoms with Crippen molar-refractivity contribution in [2.45, 2.75) is 19.4 Å². The maximum atomic E-state index is 12.5. The Hall–Kier alpha value is -2.64. The van der Waals surface area contributed by atoms with E-state index in [0.29, 0.717) is 49.7 Å². The molecule has 1 saturated heterocycles. The van der Waals surface area contributed by atoms with Crippen LogP contribution in [0.4, 0.5) is 4.79 Å². The second-order valence-corrected chi connectivity index (χ2v) is 6.69. The van der Waals surface area contributed by atoms with Crippen molar-refractivity contribution < 1.29 is 23.8 Å². The van der Waals surface area contributed by atoms with Crippen LogP contribution in [0.3, 0.4) is 0 Å². The summed E-state index contributed by atoms with van der Waals surface area (Å²) in [5.41, 5.74) is 0.859. The Labute approximate surface area is 160 Å². The van der Waals surface area contributed by atoms with Gasteiger partial charge >= 0.3 is 6.03 Å². The highest BCUT2D eigenvalue weighted by molar-refractivity contribution is 5.79. The van der Waals surface area contributed by atoms with Gasteiger partial charge < -0.3 is 29.3 Å². The number of nitrogens with one attached hydrogen (secondary N) is 1. The maximum Gasteiger partial charge on any atom is 0.319 e. The maximum absolute atomic E-state index is 12.5. The number of carbonyl (C=O) groups is 2. The minimum absolute atomic E-state index is 0.000652. The Bertz CT molecular complexity index is 644. The van der Waals surface area contributed by atoms with E-state index < -0.39 is 0 Å². The minimum Gasteiger partial charge on any atom is -0.493 e. The fraction of sp³-hybridized carbons (Fsp3) is 0.579. The average Bonchev–Trinajstić information content (AvgIpc) is 2.70. The molecule has 1 aliphatic rings. The molecule has 0 unspecified atom stereocenters. The first-order valence-corrected chi connectivity index (χ1v) is 8.94. The first-order valence-electron chi connectivity index (χ1n) is 8.94. The highest BCUT2D eigenvalue weighted by Crippen LogP contribution is 2.38. The van der Waals surface area contributed by atoms with Crippen molar-refractivity contribution in [3.05, 3.63) is 17.7 Å². The molecule has 1 fully saturated rings. The molecule has 1 aliphatic heterocycles. The van der Waals surface area contributed by atoms with E-state index in [-0.39, 0.29) is 17.9 Å². The standard InChI is InChI=1S/C19H29N3O5/c1-21(2)19(24)22-8-6-14(7-9-22)18(23)20-12-13-10-15(25-3)17(27-5)16(11-13)26-4/h10-11,14H,6-9,12H2,1-5H3,(H,20,23). The zero-order chi connectivity index (χ0) is 20.0. The van der Waals surface area contributed by atoms with E-state index in [0.717, 1.165) is 5.56 Å². The molecule has 1 N–H and O–H groups in total. The monoisotopic (exact) mass is 379 g/mol. The van der Waals surface area contributed by atoms with Gasteiger partial charge in [0.25, 0.3) is 0 Å². The normalized spacial score (nSPS) is 14.5. The Morgan fingerprint density at radius 1 is 1.07 bits per heavy atom. The molecular formula is C19H29N3O5. The molecule has 0 aromatic heterocycles. The largest absolute Gasteiger partial charge is 0.493 e. The van der Waals surface area contributed by atoms with Crippen LogP contribution < -0.4 is 19.5 Å². The molecule has 27 heavy (non-hydrogen) atoms. The van der Waals surface area contributed by atoms with E-state index in [4.69, 9.17) is 14.2 Å². The second kappa shape index (κ2) is 9.34. The van der Waals surface area contributed by atoms with E-state index in [2.05, 4.69) is 5.32 Å². The lowest BCUT2D eigenvalue weighted by atomic mass is 9.96. The molecule has 0 bridgehead atoms. The van der Waals surface area contributed by atoms with E-state index in [1.54, 1.807) is 45.2 Å². The molecule has 1 aromatic carbocycles. The van der Waals surface area contributed by atoms with Gasteiger partial charge in [-0.1, -0.05) is 0 Å². The van der Waals surface area contributed by atoms with Crippen molar-refractivity contribution in [2.75, 3.05) is 48.5 Å². The van der Waals surface area contributed by atoms with E-state index >= 15 is 0 Å². The number of ether oxygens (including phenoxy) is 3.